The molecule has 6 nitrogen and oxygen atoms in total. The van der Waals surface area contributed by atoms with Gasteiger partial charge in [0.05, 0.1) is 38.6 Å². The Morgan fingerprint density at radius 3 is 0.750 bits per heavy atom. The Morgan fingerprint density at radius 1 is 0.375 bits per heavy atom. The summed E-state index contributed by atoms with van der Waals surface area (Å²) in [5.41, 5.74) is 13.4. The predicted octanol–water partition coefficient (Wildman–Crippen LogP) is 14.5. The summed E-state index contributed by atoms with van der Waals surface area (Å²) < 4.78 is 27.8. The lowest BCUT2D eigenvalue weighted by molar-refractivity contribution is 0.301. The van der Waals surface area contributed by atoms with Crippen molar-refractivity contribution < 1.29 is 18.9 Å². The number of unbranched alkanes of at least 4 members (excludes halogenated alkanes) is 2. The van der Waals surface area contributed by atoms with E-state index in [0.717, 1.165) is 80.3 Å². The van der Waals surface area contributed by atoms with Gasteiger partial charge >= 0.3 is 0 Å². The van der Waals surface area contributed by atoms with Crippen LogP contribution < -0.4 is 18.9 Å². The molecule has 0 heterocycles. The van der Waals surface area contributed by atoms with E-state index in [4.69, 9.17) is 18.9 Å². The molecule has 0 aliphatic heterocycles. The van der Waals surface area contributed by atoms with Crippen LogP contribution in [0.4, 0.5) is 0 Å². The second-order valence-electron chi connectivity index (χ2n) is 22.1. The van der Waals surface area contributed by atoms with Gasteiger partial charge in [0, 0.05) is 38.5 Å². The Morgan fingerprint density at radius 2 is 0.578 bits per heavy atom. The molecule has 0 spiro atoms. The summed E-state index contributed by atoms with van der Waals surface area (Å²) in [6, 6.07) is 23.5. The molecule has 0 N–H and O–H groups in total. The van der Waals surface area contributed by atoms with Gasteiger partial charge in [0.25, 0.3) is 0 Å². The Balaban J connectivity index is 2.00. The Labute approximate surface area is 387 Å². The number of hydrogen-bond donors (Lipinski definition) is 0. The second kappa shape index (κ2) is 20.9. The van der Waals surface area contributed by atoms with Gasteiger partial charge in [-0.1, -0.05) is 145 Å². The number of benzene rings is 4. The van der Waals surface area contributed by atoms with Crippen molar-refractivity contribution in [3.63, 3.8) is 0 Å². The third-order valence-electron chi connectivity index (χ3n) is 12.2. The van der Waals surface area contributed by atoms with Crippen LogP contribution in [-0.2, 0) is 47.3 Å². The van der Waals surface area contributed by atoms with Crippen molar-refractivity contribution in [2.45, 2.75) is 183 Å². The van der Waals surface area contributed by atoms with Gasteiger partial charge in [-0.05, 0) is 114 Å². The van der Waals surface area contributed by atoms with Gasteiger partial charge < -0.3 is 18.9 Å². The van der Waals surface area contributed by atoms with Gasteiger partial charge in [0.2, 0.25) is 0 Å². The van der Waals surface area contributed by atoms with Crippen molar-refractivity contribution in [1.82, 2.24) is 0 Å². The molecule has 8 bridgehead atoms. The van der Waals surface area contributed by atoms with Crippen LogP contribution in [0.2, 0.25) is 0 Å². The van der Waals surface area contributed by atoms with Crippen LogP contribution in [0.25, 0.3) is 0 Å². The van der Waals surface area contributed by atoms with Crippen LogP contribution >= 0.6 is 0 Å². The molecule has 4 aromatic carbocycles. The van der Waals surface area contributed by atoms with Gasteiger partial charge in [-0.25, -0.2) is 0 Å². The zero-order valence-electron chi connectivity index (χ0n) is 42.0. The molecule has 1 aliphatic rings. The largest absolute Gasteiger partial charge is 0.493 e. The number of rotatable bonds is 14. The lowest BCUT2D eigenvalue weighted by Gasteiger charge is -2.29. The van der Waals surface area contributed by atoms with Gasteiger partial charge in [-0.3, -0.25) is 0 Å². The van der Waals surface area contributed by atoms with Crippen LogP contribution in [0.5, 0.6) is 23.0 Å². The smallest absolute Gasteiger partial charge is 0.126 e. The molecule has 0 unspecified atom stereocenters. The molecule has 0 saturated carbocycles. The van der Waals surface area contributed by atoms with Crippen molar-refractivity contribution >= 4 is 0 Å². The van der Waals surface area contributed by atoms with Crippen LogP contribution in [-0.4, -0.2) is 26.4 Å². The van der Waals surface area contributed by atoms with Crippen molar-refractivity contribution in [1.29, 1.82) is 10.5 Å². The van der Waals surface area contributed by atoms with Gasteiger partial charge in [-0.15, -0.1) is 0 Å². The first-order chi connectivity index (χ1) is 30.1. The molecule has 4 aromatic rings. The maximum atomic E-state index is 9.53. The molecule has 1 aliphatic carbocycles. The van der Waals surface area contributed by atoms with E-state index in [0.29, 0.717) is 77.8 Å². The lowest BCUT2D eigenvalue weighted by atomic mass is 9.79. The molecular formula is C58H78N2O4. The lowest BCUT2D eigenvalue weighted by Crippen LogP contribution is -2.18. The minimum atomic E-state index is -0.139. The van der Waals surface area contributed by atoms with Crippen LogP contribution in [0.3, 0.4) is 0 Å². The van der Waals surface area contributed by atoms with Crippen LogP contribution in [0.15, 0.2) is 48.5 Å². The van der Waals surface area contributed by atoms with Gasteiger partial charge in [0.1, 0.15) is 23.0 Å². The summed E-state index contributed by atoms with van der Waals surface area (Å²) in [5.74, 6) is 3.63. The molecule has 0 fully saturated rings. The topological polar surface area (TPSA) is 84.5 Å². The van der Waals surface area contributed by atoms with E-state index in [-0.39, 0.29) is 21.7 Å². The quantitative estimate of drug-likeness (QED) is 0.103. The monoisotopic (exact) mass is 867 g/mol. The SMILES string of the molecule is CCCOc1c2cc(C(C)(C)C)cc1Cc1cc(C(C)(C)C)cc(c1OCCCC#N)Cc1cc(C(C)(C)C)cc(c1OCCC)Cc1cc(C(C)(C)C)cc(c1OCCCC#N)C2. The highest BCUT2D eigenvalue weighted by Gasteiger charge is 2.29. The fourth-order valence-electron chi connectivity index (χ4n) is 8.42. The number of nitriles is 2. The summed E-state index contributed by atoms with van der Waals surface area (Å²) in [6.07, 6.45) is 6.36. The minimum Gasteiger partial charge on any atom is -0.493 e. The van der Waals surface area contributed by atoms with E-state index in [1.54, 1.807) is 0 Å². The first-order valence-corrected chi connectivity index (χ1v) is 24.0. The van der Waals surface area contributed by atoms with Gasteiger partial charge in [-0.2, -0.15) is 10.5 Å². The highest BCUT2D eigenvalue weighted by Crippen LogP contribution is 2.44. The number of hydrogen-bond acceptors (Lipinski definition) is 6. The Bertz CT molecular complexity index is 2070. The standard InChI is InChI=1S/C58H78N2O4/c1-15-23-61-51-39-27-43-35-49(57(9,10)11)37-45(53(43)63-25-19-17-21-59)29-41-33-48(56(6,7)8)34-42(52(41)62-24-16-2)30-46-38-50(58(12,13)14)36-44(54(46)64-26-20-18-22-60)28-40(51)32-47(31-39)55(3,4)5/h31-38H,15-20,23-30H2,1-14H3. The average molecular weight is 867 g/mol. The Kier molecular flexibility index (Phi) is 16.4. The van der Waals surface area contributed by atoms with E-state index in [1.807, 2.05) is 0 Å². The summed E-state index contributed by atoms with van der Waals surface area (Å²) in [6.45, 7) is 33.9. The summed E-state index contributed by atoms with van der Waals surface area (Å²) >= 11 is 0. The zero-order chi connectivity index (χ0) is 47.0. The average Bonchev–Trinajstić information content (AvgIpc) is 3.19. The van der Waals surface area contributed by atoms with E-state index >= 15 is 0 Å². The molecule has 0 atom stereocenters. The zero-order valence-corrected chi connectivity index (χ0v) is 42.0. The summed E-state index contributed by atoms with van der Waals surface area (Å²) in [4.78, 5) is 0. The third-order valence-corrected chi connectivity index (χ3v) is 12.2. The number of nitrogens with zero attached hydrogens (tertiary/aromatic N) is 2. The molecule has 0 saturated heterocycles. The van der Waals surface area contributed by atoms with Crippen LogP contribution in [0.1, 0.15) is 202 Å². The van der Waals surface area contributed by atoms with Crippen molar-refractivity contribution in [3.8, 4) is 35.1 Å². The maximum Gasteiger partial charge on any atom is 0.126 e. The summed E-state index contributed by atoms with van der Waals surface area (Å²) in [5, 5.41) is 19.1. The highest BCUT2D eigenvalue weighted by atomic mass is 16.5. The molecule has 64 heavy (non-hydrogen) atoms. The molecule has 0 amide bonds. The van der Waals surface area contributed by atoms with E-state index in [9.17, 15) is 10.5 Å². The molecule has 5 rings (SSSR count). The van der Waals surface area contributed by atoms with Crippen molar-refractivity contribution in [2.24, 2.45) is 0 Å². The Hall–Kier alpha value is -4.94. The van der Waals surface area contributed by atoms with E-state index < -0.39 is 0 Å². The first-order valence-electron chi connectivity index (χ1n) is 24.0. The predicted molar refractivity (Wildman–Crippen MR) is 264 cm³/mol. The van der Waals surface area contributed by atoms with Gasteiger partial charge in [0.15, 0.2) is 0 Å². The van der Waals surface area contributed by atoms with E-state index in [1.165, 1.54) is 22.3 Å². The van der Waals surface area contributed by atoms with Crippen LogP contribution in [0, 0.1) is 22.7 Å². The second-order valence-corrected chi connectivity index (χ2v) is 22.1. The maximum absolute atomic E-state index is 9.53. The summed E-state index contributed by atoms with van der Waals surface area (Å²) in [7, 11) is 0. The number of fused-ring (bicyclic) bond motifs is 8. The number of ether oxygens (including phenoxy) is 4. The highest BCUT2D eigenvalue weighted by molar-refractivity contribution is 5.60. The molecule has 0 aromatic heterocycles. The van der Waals surface area contributed by atoms with Crippen molar-refractivity contribution in [2.75, 3.05) is 26.4 Å². The normalized spacial score (nSPS) is 13.2. The van der Waals surface area contributed by atoms with E-state index in [2.05, 4.69) is 158 Å². The van der Waals surface area contributed by atoms with Crippen molar-refractivity contribution in [3.05, 3.63) is 115 Å². The molecule has 344 valence electrons. The molecule has 0 radical (unpaired) electrons. The fourth-order valence-corrected chi connectivity index (χ4v) is 8.42. The molecular weight excluding hydrogens is 789 g/mol. The third kappa shape index (κ3) is 12.7. The first kappa shape index (κ1) is 50.1. The minimum absolute atomic E-state index is 0.138. The molecule has 6 heteroatoms. The fraction of sp³-hybridized carbons (Fsp3) is 0.552.